The number of aryl methyl sites for hydroxylation is 2. The summed E-state index contributed by atoms with van der Waals surface area (Å²) in [5, 5.41) is 0. The molecule has 5 nitrogen and oxygen atoms in total. The fourth-order valence-electron chi connectivity index (χ4n) is 3.02. The molecule has 4 aromatic rings. The van der Waals surface area contributed by atoms with E-state index in [1.54, 1.807) is 13.0 Å². The molecular weight excluding hydrogens is 377 g/mol. The van der Waals surface area contributed by atoms with E-state index in [4.69, 9.17) is 0 Å². The van der Waals surface area contributed by atoms with Crippen LogP contribution in [0.15, 0.2) is 71.9 Å². The van der Waals surface area contributed by atoms with Gasteiger partial charge in [-0.2, -0.15) is 0 Å². The number of rotatable bonds is 4. The van der Waals surface area contributed by atoms with Crippen LogP contribution in [0.3, 0.4) is 0 Å². The van der Waals surface area contributed by atoms with Crippen LogP contribution in [0.25, 0.3) is 16.9 Å². The number of benzene rings is 2. The van der Waals surface area contributed by atoms with Crippen LogP contribution in [0.2, 0.25) is 0 Å². The molecule has 0 spiro atoms. The average Bonchev–Trinajstić information content (AvgIpc) is 3.09. The molecule has 2 heterocycles. The predicted octanol–water partition coefficient (Wildman–Crippen LogP) is 4.56. The molecular formula is C21H18FN3O2S. The number of hydrogen-bond acceptors (Lipinski definition) is 3. The minimum absolute atomic E-state index is 0.124. The van der Waals surface area contributed by atoms with Gasteiger partial charge in [-0.15, -0.1) is 0 Å². The van der Waals surface area contributed by atoms with Crippen molar-refractivity contribution in [2.24, 2.45) is 0 Å². The average molecular weight is 395 g/mol. The maximum Gasteiger partial charge on any atom is 0.262 e. The Morgan fingerprint density at radius 2 is 1.82 bits per heavy atom. The summed E-state index contributed by atoms with van der Waals surface area (Å²) in [6.45, 7) is 3.79. The van der Waals surface area contributed by atoms with Gasteiger partial charge in [-0.25, -0.2) is 17.8 Å². The topological polar surface area (TPSA) is 63.5 Å². The normalized spacial score (nSPS) is 11.7. The molecule has 142 valence electrons. The Labute approximate surface area is 162 Å². The van der Waals surface area contributed by atoms with E-state index in [-0.39, 0.29) is 4.90 Å². The van der Waals surface area contributed by atoms with E-state index in [0.717, 1.165) is 34.1 Å². The summed E-state index contributed by atoms with van der Waals surface area (Å²) in [7, 11) is -3.90. The van der Waals surface area contributed by atoms with Gasteiger partial charge in [0.1, 0.15) is 11.5 Å². The van der Waals surface area contributed by atoms with Crippen molar-refractivity contribution in [3.8, 4) is 11.3 Å². The van der Waals surface area contributed by atoms with Crippen LogP contribution in [-0.4, -0.2) is 17.8 Å². The second-order valence-electron chi connectivity index (χ2n) is 6.64. The van der Waals surface area contributed by atoms with Crippen molar-refractivity contribution in [2.45, 2.75) is 18.7 Å². The van der Waals surface area contributed by atoms with Gasteiger partial charge in [-0.1, -0.05) is 24.3 Å². The van der Waals surface area contributed by atoms with Crippen molar-refractivity contribution in [1.82, 2.24) is 9.38 Å². The van der Waals surface area contributed by atoms with Crippen LogP contribution in [0.5, 0.6) is 0 Å². The lowest BCUT2D eigenvalue weighted by molar-refractivity contribution is 0.595. The summed E-state index contributed by atoms with van der Waals surface area (Å²) in [5.74, 6) is -0.603. The monoisotopic (exact) mass is 395 g/mol. The highest BCUT2D eigenvalue weighted by Gasteiger charge is 2.17. The Bertz CT molecular complexity index is 1300. The molecule has 0 atom stereocenters. The minimum atomic E-state index is -3.90. The summed E-state index contributed by atoms with van der Waals surface area (Å²) in [6, 6.07) is 14.3. The number of nitrogens with one attached hydrogen (secondary N) is 1. The summed E-state index contributed by atoms with van der Waals surface area (Å²) in [5.41, 5.74) is 4.60. The first-order chi connectivity index (χ1) is 13.3. The second kappa shape index (κ2) is 6.76. The van der Waals surface area contributed by atoms with Crippen LogP contribution >= 0.6 is 0 Å². The molecule has 0 radical (unpaired) electrons. The Morgan fingerprint density at radius 3 is 2.57 bits per heavy atom. The number of hydrogen-bond donors (Lipinski definition) is 1. The zero-order valence-corrected chi connectivity index (χ0v) is 16.2. The van der Waals surface area contributed by atoms with Crippen molar-refractivity contribution in [3.63, 3.8) is 0 Å². The maximum atomic E-state index is 13.4. The Kier molecular flexibility index (Phi) is 4.39. The number of imidazole rings is 1. The largest absolute Gasteiger partial charge is 0.306 e. The smallest absolute Gasteiger partial charge is 0.262 e. The lowest BCUT2D eigenvalue weighted by atomic mass is 10.1. The number of anilines is 1. The SMILES string of the molecule is Cc1ccc(-c2cn3cccc(C)c3n2)cc1NS(=O)(=O)c1cccc(F)c1. The standard InChI is InChI=1S/C21H18FN3O2S/c1-14-8-9-16(20-13-25-10-4-5-15(2)21(25)23-20)11-19(14)24-28(26,27)18-7-3-6-17(22)12-18/h3-13,24H,1-2H3. The number of sulfonamides is 1. The van der Waals surface area contributed by atoms with Crippen molar-refractivity contribution in [3.05, 3.63) is 83.9 Å². The van der Waals surface area contributed by atoms with Crippen LogP contribution < -0.4 is 4.72 Å². The van der Waals surface area contributed by atoms with Gasteiger partial charge in [-0.05, 0) is 55.3 Å². The van der Waals surface area contributed by atoms with Crippen LogP contribution in [0.4, 0.5) is 10.1 Å². The van der Waals surface area contributed by atoms with Gasteiger partial charge in [0.25, 0.3) is 10.0 Å². The molecule has 0 saturated heterocycles. The van der Waals surface area contributed by atoms with Gasteiger partial charge < -0.3 is 4.40 Å². The fourth-order valence-corrected chi connectivity index (χ4v) is 4.17. The molecule has 1 N–H and O–H groups in total. The van der Waals surface area contributed by atoms with E-state index in [1.807, 2.05) is 48.0 Å². The molecule has 0 aliphatic heterocycles. The molecule has 2 aromatic heterocycles. The fraction of sp³-hybridized carbons (Fsp3) is 0.0952. The van der Waals surface area contributed by atoms with Gasteiger partial charge in [0, 0.05) is 18.0 Å². The maximum absolute atomic E-state index is 13.4. The molecule has 2 aromatic carbocycles. The molecule has 0 saturated carbocycles. The van der Waals surface area contributed by atoms with Crippen LogP contribution in [0.1, 0.15) is 11.1 Å². The Morgan fingerprint density at radius 1 is 1.00 bits per heavy atom. The quantitative estimate of drug-likeness (QED) is 0.551. The number of pyridine rings is 1. The molecule has 0 amide bonds. The molecule has 0 aliphatic carbocycles. The first-order valence-electron chi connectivity index (χ1n) is 8.67. The summed E-state index contributed by atoms with van der Waals surface area (Å²) in [4.78, 5) is 4.53. The summed E-state index contributed by atoms with van der Waals surface area (Å²) in [6.07, 6.45) is 3.82. The molecule has 0 fully saturated rings. The third-order valence-corrected chi connectivity index (χ3v) is 5.93. The minimum Gasteiger partial charge on any atom is -0.306 e. The number of fused-ring (bicyclic) bond motifs is 1. The first kappa shape index (κ1) is 18.2. The van der Waals surface area contributed by atoms with Gasteiger partial charge in [0.15, 0.2) is 0 Å². The number of aromatic nitrogens is 2. The van der Waals surface area contributed by atoms with Gasteiger partial charge in [-0.3, -0.25) is 4.72 Å². The van der Waals surface area contributed by atoms with E-state index >= 15 is 0 Å². The molecule has 0 aliphatic rings. The van der Waals surface area contributed by atoms with E-state index in [9.17, 15) is 12.8 Å². The lowest BCUT2D eigenvalue weighted by Crippen LogP contribution is -2.14. The molecule has 7 heteroatoms. The van der Waals surface area contributed by atoms with E-state index in [2.05, 4.69) is 9.71 Å². The lowest BCUT2D eigenvalue weighted by Gasteiger charge is -2.12. The number of nitrogens with zero attached hydrogens (tertiary/aromatic N) is 2. The highest BCUT2D eigenvalue weighted by atomic mass is 32.2. The Balaban J connectivity index is 1.74. The molecule has 28 heavy (non-hydrogen) atoms. The van der Waals surface area contributed by atoms with Gasteiger partial charge >= 0.3 is 0 Å². The second-order valence-corrected chi connectivity index (χ2v) is 8.32. The first-order valence-corrected chi connectivity index (χ1v) is 10.2. The summed E-state index contributed by atoms with van der Waals surface area (Å²) >= 11 is 0. The predicted molar refractivity (Wildman–Crippen MR) is 107 cm³/mol. The third-order valence-electron chi connectivity index (χ3n) is 4.56. The van der Waals surface area contributed by atoms with Crippen molar-refractivity contribution >= 4 is 21.4 Å². The van der Waals surface area contributed by atoms with E-state index in [0.29, 0.717) is 5.69 Å². The van der Waals surface area contributed by atoms with Crippen molar-refractivity contribution in [1.29, 1.82) is 0 Å². The highest BCUT2D eigenvalue weighted by molar-refractivity contribution is 7.92. The van der Waals surface area contributed by atoms with E-state index < -0.39 is 15.8 Å². The highest BCUT2D eigenvalue weighted by Crippen LogP contribution is 2.27. The number of halogens is 1. The van der Waals surface area contributed by atoms with Gasteiger partial charge in [0.05, 0.1) is 16.3 Å². The Hall–Kier alpha value is -3.19. The zero-order chi connectivity index (χ0) is 19.9. The van der Waals surface area contributed by atoms with E-state index in [1.165, 1.54) is 18.2 Å². The molecule has 4 rings (SSSR count). The van der Waals surface area contributed by atoms with Crippen LogP contribution in [0, 0.1) is 19.7 Å². The summed E-state index contributed by atoms with van der Waals surface area (Å²) < 4.78 is 43.2. The van der Waals surface area contributed by atoms with Gasteiger partial charge in [0.2, 0.25) is 0 Å². The molecule has 0 unspecified atom stereocenters. The molecule has 0 bridgehead atoms. The third kappa shape index (κ3) is 3.36. The van der Waals surface area contributed by atoms with Crippen molar-refractivity contribution < 1.29 is 12.8 Å². The van der Waals surface area contributed by atoms with Crippen molar-refractivity contribution in [2.75, 3.05) is 4.72 Å². The zero-order valence-electron chi connectivity index (χ0n) is 15.3. The van der Waals surface area contributed by atoms with Crippen LogP contribution in [-0.2, 0) is 10.0 Å².